The molecule has 0 aliphatic carbocycles. The van der Waals surface area contributed by atoms with E-state index in [1.807, 2.05) is 20.8 Å². The number of nitrogen functional groups attached to an aromatic ring is 1. The summed E-state index contributed by atoms with van der Waals surface area (Å²) in [6.07, 6.45) is 0. The third-order valence-corrected chi connectivity index (χ3v) is 4.94. The molecule has 2 N–H and O–H groups in total. The molecular formula is C12H18BrFN2O2S. The summed E-state index contributed by atoms with van der Waals surface area (Å²) >= 11 is 3.06. The molecule has 7 heteroatoms. The first-order valence-corrected chi connectivity index (χ1v) is 7.89. The summed E-state index contributed by atoms with van der Waals surface area (Å²) in [4.78, 5) is -0.403. The smallest absolute Gasteiger partial charge is 0.245 e. The zero-order chi connectivity index (χ0) is 15.0. The van der Waals surface area contributed by atoms with E-state index in [0.717, 1.165) is 16.4 Å². The van der Waals surface area contributed by atoms with Gasteiger partial charge < -0.3 is 5.73 Å². The van der Waals surface area contributed by atoms with Crippen molar-refractivity contribution in [3.05, 3.63) is 22.4 Å². The lowest BCUT2D eigenvalue weighted by Gasteiger charge is -2.26. The van der Waals surface area contributed by atoms with E-state index in [1.54, 1.807) is 0 Å². The van der Waals surface area contributed by atoms with E-state index in [9.17, 15) is 12.8 Å². The van der Waals surface area contributed by atoms with Gasteiger partial charge in [0.05, 0.1) is 0 Å². The van der Waals surface area contributed by atoms with Gasteiger partial charge in [0.25, 0.3) is 0 Å². The van der Waals surface area contributed by atoms with E-state index in [-0.39, 0.29) is 17.6 Å². The molecule has 0 heterocycles. The van der Waals surface area contributed by atoms with Crippen molar-refractivity contribution in [3.8, 4) is 0 Å². The van der Waals surface area contributed by atoms with Crippen molar-refractivity contribution >= 4 is 31.6 Å². The molecule has 0 aliphatic rings. The molecule has 0 aliphatic heterocycles. The van der Waals surface area contributed by atoms with E-state index < -0.39 is 20.7 Å². The van der Waals surface area contributed by atoms with Crippen molar-refractivity contribution in [2.45, 2.75) is 25.7 Å². The molecule has 19 heavy (non-hydrogen) atoms. The van der Waals surface area contributed by atoms with Crippen LogP contribution >= 0.6 is 15.9 Å². The summed E-state index contributed by atoms with van der Waals surface area (Å²) < 4.78 is 39.9. The molecule has 4 nitrogen and oxygen atoms in total. The zero-order valence-electron chi connectivity index (χ0n) is 11.4. The molecule has 0 aromatic heterocycles. The van der Waals surface area contributed by atoms with Crippen molar-refractivity contribution in [2.75, 3.05) is 19.3 Å². The van der Waals surface area contributed by atoms with E-state index in [0.29, 0.717) is 4.47 Å². The van der Waals surface area contributed by atoms with Crippen LogP contribution in [0.2, 0.25) is 0 Å². The lowest BCUT2D eigenvalue weighted by atomic mass is 9.97. The molecule has 0 saturated heterocycles. The summed E-state index contributed by atoms with van der Waals surface area (Å²) in [5, 5.41) is 0. The Kier molecular flexibility index (Phi) is 4.64. The van der Waals surface area contributed by atoms with Crippen LogP contribution in [0.1, 0.15) is 20.8 Å². The van der Waals surface area contributed by atoms with Crippen molar-refractivity contribution in [3.63, 3.8) is 0 Å². The van der Waals surface area contributed by atoms with Crippen LogP contribution in [-0.4, -0.2) is 26.3 Å². The highest BCUT2D eigenvalue weighted by Crippen LogP contribution is 2.28. The number of sulfonamides is 1. The highest BCUT2D eigenvalue weighted by Gasteiger charge is 2.28. The molecule has 0 unspecified atom stereocenters. The Hall–Kier alpha value is -0.660. The van der Waals surface area contributed by atoms with Gasteiger partial charge >= 0.3 is 0 Å². The molecule has 0 fully saturated rings. The van der Waals surface area contributed by atoms with Gasteiger partial charge in [0, 0.05) is 23.8 Å². The maximum Gasteiger partial charge on any atom is 0.245 e. The molecule has 1 aromatic carbocycles. The zero-order valence-corrected chi connectivity index (χ0v) is 13.8. The average molecular weight is 353 g/mol. The molecular weight excluding hydrogens is 335 g/mol. The third-order valence-electron chi connectivity index (χ3n) is 2.44. The van der Waals surface area contributed by atoms with Gasteiger partial charge in [-0.05, 0) is 33.5 Å². The maximum absolute atomic E-state index is 13.8. The largest absolute Gasteiger partial charge is 0.398 e. The van der Waals surface area contributed by atoms with E-state index in [2.05, 4.69) is 15.9 Å². The number of halogens is 2. The van der Waals surface area contributed by atoms with Crippen LogP contribution in [0.3, 0.4) is 0 Å². The number of benzene rings is 1. The summed E-state index contributed by atoms with van der Waals surface area (Å²) in [6.45, 7) is 6.01. The third kappa shape index (κ3) is 3.90. The quantitative estimate of drug-likeness (QED) is 0.850. The fourth-order valence-electron chi connectivity index (χ4n) is 1.66. The van der Waals surface area contributed by atoms with Gasteiger partial charge in [-0.2, -0.15) is 0 Å². The first-order valence-electron chi connectivity index (χ1n) is 5.66. The van der Waals surface area contributed by atoms with Crippen LogP contribution in [0.4, 0.5) is 10.1 Å². The van der Waals surface area contributed by atoms with Gasteiger partial charge in [-0.15, -0.1) is 0 Å². The van der Waals surface area contributed by atoms with Crippen LogP contribution in [-0.2, 0) is 10.0 Å². The fourth-order valence-corrected chi connectivity index (χ4v) is 3.45. The van der Waals surface area contributed by atoms with Crippen LogP contribution in [0.15, 0.2) is 21.5 Å². The molecule has 108 valence electrons. The van der Waals surface area contributed by atoms with E-state index >= 15 is 0 Å². The highest BCUT2D eigenvalue weighted by atomic mass is 79.9. The van der Waals surface area contributed by atoms with Gasteiger partial charge in [0.15, 0.2) is 0 Å². The standard InChI is InChI=1S/C12H18BrFN2O2S/c1-12(2,3)7-16(4)19(17,18)11-6-10(15)8(13)5-9(11)14/h5-6H,7,15H2,1-4H3. The number of hydrogen-bond acceptors (Lipinski definition) is 3. The SMILES string of the molecule is CN(CC(C)(C)C)S(=O)(=O)c1cc(N)c(Br)cc1F. The minimum Gasteiger partial charge on any atom is -0.398 e. The average Bonchev–Trinajstić information content (AvgIpc) is 2.20. The maximum atomic E-state index is 13.8. The molecule has 0 bridgehead atoms. The summed E-state index contributed by atoms with van der Waals surface area (Å²) in [5.41, 5.74) is 5.58. The normalized spacial score (nSPS) is 13.0. The van der Waals surface area contributed by atoms with Gasteiger partial charge in [0.2, 0.25) is 10.0 Å². The van der Waals surface area contributed by atoms with E-state index in [4.69, 9.17) is 5.73 Å². The Morgan fingerprint density at radius 2 is 1.89 bits per heavy atom. The van der Waals surface area contributed by atoms with Gasteiger partial charge in [0.1, 0.15) is 10.7 Å². The monoisotopic (exact) mass is 352 g/mol. The van der Waals surface area contributed by atoms with Crippen LogP contribution in [0.25, 0.3) is 0 Å². The second-order valence-electron chi connectivity index (χ2n) is 5.63. The predicted molar refractivity (Wildman–Crippen MR) is 77.8 cm³/mol. The molecule has 1 aromatic rings. The lowest BCUT2D eigenvalue weighted by Crippen LogP contribution is -2.35. The van der Waals surface area contributed by atoms with Crippen molar-refractivity contribution in [1.82, 2.24) is 4.31 Å². The van der Waals surface area contributed by atoms with Gasteiger partial charge in [-0.3, -0.25) is 0 Å². The summed E-state index contributed by atoms with van der Waals surface area (Å²) in [6, 6.07) is 2.20. The summed E-state index contributed by atoms with van der Waals surface area (Å²) in [7, 11) is -2.46. The minimum atomic E-state index is -3.88. The number of anilines is 1. The second-order valence-corrected chi connectivity index (χ2v) is 8.49. The highest BCUT2D eigenvalue weighted by molar-refractivity contribution is 9.10. The molecule has 0 radical (unpaired) electrons. The summed E-state index contributed by atoms with van der Waals surface area (Å²) in [5.74, 6) is -0.818. The number of rotatable bonds is 3. The van der Waals surface area contributed by atoms with Crippen molar-refractivity contribution in [1.29, 1.82) is 0 Å². The Morgan fingerprint density at radius 1 is 1.37 bits per heavy atom. The minimum absolute atomic E-state index is 0.184. The van der Waals surface area contributed by atoms with E-state index in [1.165, 1.54) is 7.05 Å². The predicted octanol–water partition coefficient (Wildman–Crippen LogP) is 2.84. The Morgan fingerprint density at radius 3 is 2.37 bits per heavy atom. The Labute approximate surface area is 122 Å². The first-order chi connectivity index (χ1) is 8.45. The molecule has 0 amide bonds. The number of nitrogens with two attached hydrogens (primary N) is 1. The van der Waals surface area contributed by atoms with Gasteiger partial charge in [-0.25, -0.2) is 17.1 Å². The molecule has 0 spiro atoms. The molecule has 0 atom stereocenters. The number of hydrogen-bond donors (Lipinski definition) is 1. The lowest BCUT2D eigenvalue weighted by molar-refractivity contribution is 0.310. The first kappa shape index (κ1) is 16.4. The second kappa shape index (κ2) is 5.38. The van der Waals surface area contributed by atoms with Crippen LogP contribution < -0.4 is 5.73 Å². The molecule has 1 rings (SSSR count). The topological polar surface area (TPSA) is 63.4 Å². The molecule has 0 saturated carbocycles. The van der Waals surface area contributed by atoms with Crippen molar-refractivity contribution < 1.29 is 12.8 Å². The Bertz CT molecular complexity index is 582. The van der Waals surface area contributed by atoms with Crippen LogP contribution in [0, 0.1) is 11.2 Å². The van der Waals surface area contributed by atoms with Crippen molar-refractivity contribution in [2.24, 2.45) is 5.41 Å². The van der Waals surface area contributed by atoms with Gasteiger partial charge in [-0.1, -0.05) is 20.8 Å². The van der Waals surface area contributed by atoms with Crippen LogP contribution in [0.5, 0.6) is 0 Å². The number of nitrogens with zero attached hydrogens (tertiary/aromatic N) is 1. The Balaban J connectivity index is 3.25. The fraction of sp³-hybridized carbons (Fsp3) is 0.500.